The van der Waals surface area contributed by atoms with E-state index in [0.717, 1.165) is 12.8 Å². The molecule has 2 aromatic carbocycles. The molecule has 0 unspecified atom stereocenters. The van der Waals surface area contributed by atoms with Gasteiger partial charge in [-0.15, -0.1) is 0 Å². The molecule has 29 heavy (non-hydrogen) atoms. The topological polar surface area (TPSA) is 102 Å². The minimum absolute atomic E-state index is 0.166. The molecular weight excluding hydrogens is 377 g/mol. The molecule has 3 aromatic rings. The summed E-state index contributed by atoms with van der Waals surface area (Å²) >= 11 is 0. The predicted molar refractivity (Wildman–Crippen MR) is 104 cm³/mol. The fourth-order valence-electron chi connectivity index (χ4n) is 2.94. The van der Waals surface area contributed by atoms with Crippen molar-refractivity contribution in [3.8, 4) is 5.69 Å². The van der Waals surface area contributed by atoms with Crippen molar-refractivity contribution in [2.75, 3.05) is 5.32 Å². The lowest BCUT2D eigenvalue weighted by molar-refractivity contribution is -0.384. The van der Waals surface area contributed by atoms with Crippen LogP contribution in [-0.2, 0) is 6.54 Å². The second-order valence-corrected chi connectivity index (χ2v) is 6.85. The summed E-state index contributed by atoms with van der Waals surface area (Å²) in [4.78, 5) is 26.9. The Hall–Kier alpha value is -3.75. The summed E-state index contributed by atoms with van der Waals surface area (Å²) < 4.78 is 15.9. The Morgan fingerprint density at radius 1 is 1.28 bits per heavy atom. The summed E-state index contributed by atoms with van der Waals surface area (Å²) in [5.41, 5.74) is 1.28. The Labute approximate surface area is 165 Å². The largest absolute Gasteiger partial charge is 0.375 e. The number of nitro groups is 1. The van der Waals surface area contributed by atoms with E-state index in [-0.39, 0.29) is 35.4 Å². The van der Waals surface area contributed by atoms with Crippen molar-refractivity contribution in [1.29, 1.82) is 0 Å². The van der Waals surface area contributed by atoms with Gasteiger partial charge in [-0.2, -0.15) is 0 Å². The van der Waals surface area contributed by atoms with E-state index < -0.39 is 10.7 Å². The van der Waals surface area contributed by atoms with Gasteiger partial charge in [0.2, 0.25) is 0 Å². The van der Waals surface area contributed by atoms with Crippen LogP contribution in [0.1, 0.15) is 28.8 Å². The highest BCUT2D eigenvalue weighted by Gasteiger charge is 2.25. The number of anilines is 1. The number of aromatic nitrogens is 2. The Kier molecular flexibility index (Phi) is 4.94. The van der Waals surface area contributed by atoms with Crippen LogP contribution in [0.3, 0.4) is 0 Å². The lowest BCUT2D eigenvalue weighted by atomic mass is 10.1. The number of nitrogens with one attached hydrogen (secondary N) is 2. The zero-order chi connectivity index (χ0) is 20.4. The molecule has 0 aliphatic heterocycles. The van der Waals surface area contributed by atoms with Crippen LogP contribution in [0.25, 0.3) is 5.69 Å². The third-order valence-electron chi connectivity index (χ3n) is 4.65. The molecule has 4 rings (SSSR count). The number of benzene rings is 2. The van der Waals surface area contributed by atoms with Crippen LogP contribution < -0.4 is 10.6 Å². The smallest absolute Gasteiger partial charge is 0.293 e. The molecule has 8 nitrogen and oxygen atoms in total. The molecular formula is C20H18FN5O3. The fourth-order valence-corrected chi connectivity index (χ4v) is 2.94. The SMILES string of the molecule is O=C(NC1CC1)c1ccc(NCc2ccc(-n3ccnc3)c(F)c2)c([N+](=O)[O-])c1. The predicted octanol–water partition coefficient (Wildman–Crippen LogP) is 3.42. The first-order valence-corrected chi connectivity index (χ1v) is 9.11. The van der Waals surface area contributed by atoms with Crippen LogP contribution in [0.5, 0.6) is 0 Å². The second kappa shape index (κ2) is 7.70. The number of carbonyl (C=O) groups is 1. The van der Waals surface area contributed by atoms with Crippen molar-refractivity contribution in [2.45, 2.75) is 25.4 Å². The maximum Gasteiger partial charge on any atom is 0.293 e. The summed E-state index contributed by atoms with van der Waals surface area (Å²) in [5.74, 6) is -0.747. The number of hydrogen-bond donors (Lipinski definition) is 2. The molecule has 9 heteroatoms. The van der Waals surface area contributed by atoms with Gasteiger partial charge in [0.15, 0.2) is 0 Å². The van der Waals surface area contributed by atoms with E-state index in [0.29, 0.717) is 11.3 Å². The molecule has 1 amide bonds. The van der Waals surface area contributed by atoms with E-state index in [2.05, 4.69) is 15.6 Å². The molecule has 1 aromatic heterocycles. The van der Waals surface area contributed by atoms with Crippen LogP contribution in [0, 0.1) is 15.9 Å². The average molecular weight is 395 g/mol. The average Bonchev–Trinajstić information content (AvgIpc) is 3.35. The minimum atomic E-state index is -0.543. The van der Waals surface area contributed by atoms with E-state index in [1.54, 1.807) is 29.1 Å². The molecule has 148 valence electrons. The van der Waals surface area contributed by atoms with E-state index in [1.807, 2.05) is 0 Å². The number of nitro benzene ring substituents is 1. The molecule has 1 aliphatic carbocycles. The summed E-state index contributed by atoms with van der Waals surface area (Å²) in [7, 11) is 0. The van der Waals surface area contributed by atoms with Gasteiger partial charge in [0.1, 0.15) is 11.5 Å². The number of rotatable bonds is 7. The maximum absolute atomic E-state index is 14.4. The summed E-state index contributed by atoms with van der Waals surface area (Å²) in [6.07, 6.45) is 6.57. The Morgan fingerprint density at radius 2 is 2.10 bits per heavy atom. The van der Waals surface area contributed by atoms with Crippen LogP contribution in [0.4, 0.5) is 15.8 Å². The molecule has 0 atom stereocenters. The van der Waals surface area contributed by atoms with Crippen LogP contribution >= 0.6 is 0 Å². The molecule has 0 spiro atoms. The molecule has 0 radical (unpaired) electrons. The number of amides is 1. The van der Waals surface area contributed by atoms with Crippen molar-refractivity contribution in [3.05, 3.63) is 82.2 Å². The quantitative estimate of drug-likeness (QED) is 0.471. The number of halogens is 1. The Balaban J connectivity index is 1.49. The van der Waals surface area contributed by atoms with Gasteiger partial charge in [-0.05, 0) is 42.7 Å². The van der Waals surface area contributed by atoms with Crippen LogP contribution in [0.15, 0.2) is 55.1 Å². The number of carbonyl (C=O) groups excluding carboxylic acids is 1. The van der Waals surface area contributed by atoms with Crippen molar-refractivity contribution >= 4 is 17.3 Å². The third kappa shape index (κ3) is 4.23. The van der Waals surface area contributed by atoms with E-state index >= 15 is 0 Å². The van der Waals surface area contributed by atoms with Crippen LogP contribution in [0.2, 0.25) is 0 Å². The van der Waals surface area contributed by atoms with Gasteiger partial charge in [0, 0.05) is 36.6 Å². The van der Waals surface area contributed by atoms with Gasteiger partial charge in [-0.25, -0.2) is 9.37 Å². The number of nitrogens with zero attached hydrogens (tertiary/aromatic N) is 3. The third-order valence-corrected chi connectivity index (χ3v) is 4.65. The Bertz CT molecular complexity index is 1060. The normalized spacial score (nSPS) is 13.1. The first kappa shape index (κ1) is 18.6. The number of imidazole rings is 1. The monoisotopic (exact) mass is 395 g/mol. The van der Waals surface area contributed by atoms with Crippen molar-refractivity contribution in [2.24, 2.45) is 0 Å². The van der Waals surface area contributed by atoms with Crippen molar-refractivity contribution in [1.82, 2.24) is 14.9 Å². The van der Waals surface area contributed by atoms with Gasteiger partial charge in [0.05, 0.1) is 16.9 Å². The zero-order valence-corrected chi connectivity index (χ0v) is 15.3. The fraction of sp³-hybridized carbons (Fsp3) is 0.200. The zero-order valence-electron chi connectivity index (χ0n) is 15.3. The van der Waals surface area contributed by atoms with Gasteiger partial charge in [0.25, 0.3) is 11.6 Å². The Morgan fingerprint density at radius 3 is 2.76 bits per heavy atom. The van der Waals surface area contributed by atoms with E-state index in [1.165, 1.54) is 30.6 Å². The minimum Gasteiger partial charge on any atom is -0.375 e. The van der Waals surface area contributed by atoms with E-state index in [4.69, 9.17) is 0 Å². The maximum atomic E-state index is 14.4. The van der Waals surface area contributed by atoms with Crippen LogP contribution in [-0.4, -0.2) is 26.4 Å². The molecule has 1 fully saturated rings. The highest BCUT2D eigenvalue weighted by Crippen LogP contribution is 2.27. The first-order valence-electron chi connectivity index (χ1n) is 9.11. The van der Waals surface area contributed by atoms with Gasteiger partial charge in [-0.3, -0.25) is 14.9 Å². The highest BCUT2D eigenvalue weighted by atomic mass is 19.1. The van der Waals surface area contributed by atoms with Gasteiger partial charge in [-0.1, -0.05) is 6.07 Å². The lowest BCUT2D eigenvalue weighted by Gasteiger charge is -2.10. The summed E-state index contributed by atoms with van der Waals surface area (Å²) in [5, 5.41) is 17.2. The molecule has 1 aliphatic rings. The van der Waals surface area contributed by atoms with Crippen molar-refractivity contribution in [3.63, 3.8) is 0 Å². The molecule has 1 heterocycles. The van der Waals surface area contributed by atoms with Crippen molar-refractivity contribution < 1.29 is 14.1 Å². The van der Waals surface area contributed by atoms with E-state index in [9.17, 15) is 19.3 Å². The van der Waals surface area contributed by atoms with Gasteiger partial charge < -0.3 is 15.2 Å². The summed E-state index contributed by atoms with van der Waals surface area (Å²) in [6.45, 7) is 0.190. The number of hydrogen-bond acceptors (Lipinski definition) is 5. The summed E-state index contributed by atoms with van der Waals surface area (Å²) in [6, 6.07) is 9.17. The molecule has 0 bridgehead atoms. The van der Waals surface area contributed by atoms with Gasteiger partial charge >= 0.3 is 0 Å². The molecule has 0 saturated heterocycles. The first-order chi connectivity index (χ1) is 14.0. The lowest BCUT2D eigenvalue weighted by Crippen LogP contribution is -2.25. The highest BCUT2D eigenvalue weighted by molar-refractivity contribution is 5.96. The molecule has 1 saturated carbocycles. The second-order valence-electron chi connectivity index (χ2n) is 6.85. The molecule has 2 N–H and O–H groups in total. The standard InChI is InChI=1S/C20H18FN5O3/c21-16-9-13(1-6-18(16)25-8-7-22-12-25)11-23-17-5-2-14(10-19(17)26(28)29)20(27)24-15-3-4-15/h1-2,5-10,12,15,23H,3-4,11H2,(H,24,27).